The van der Waals surface area contributed by atoms with Crippen LogP contribution >= 0.6 is 0 Å². The zero-order valence-corrected chi connectivity index (χ0v) is 21.8. The molecule has 218 valence electrons. The smallest absolute Gasteiger partial charge is 0.454 e. The van der Waals surface area contributed by atoms with E-state index in [0.29, 0.717) is 49.2 Å². The van der Waals surface area contributed by atoms with Gasteiger partial charge in [-0.1, -0.05) is 6.07 Å². The zero-order chi connectivity index (χ0) is 29.3. The van der Waals surface area contributed by atoms with Gasteiger partial charge in [0.1, 0.15) is 17.1 Å². The SMILES string of the molecule is C[C@@]1(C(N)=O)CCCN1C(=O)c1ccc(-c2ccc(OCC3CCN(CC(F)(F)C(F)(F)F)CC3)cn2)cc1F. The molecule has 2 aliphatic rings. The van der Waals surface area contributed by atoms with Gasteiger partial charge in [0.2, 0.25) is 5.91 Å². The van der Waals surface area contributed by atoms with Gasteiger partial charge in [-0.05, 0) is 75.9 Å². The van der Waals surface area contributed by atoms with Gasteiger partial charge in [0, 0.05) is 12.1 Å². The molecule has 0 bridgehead atoms. The number of ether oxygens (including phenoxy) is 1. The molecule has 2 aromatic rings. The quantitative estimate of drug-likeness (QED) is 0.465. The van der Waals surface area contributed by atoms with E-state index in [4.69, 9.17) is 10.5 Å². The third-order valence-corrected chi connectivity index (χ3v) is 7.68. The first-order chi connectivity index (χ1) is 18.7. The first kappa shape index (κ1) is 29.6. The van der Waals surface area contributed by atoms with Crippen molar-refractivity contribution >= 4 is 11.8 Å². The van der Waals surface area contributed by atoms with E-state index in [-0.39, 0.29) is 31.2 Å². The number of hydrogen-bond donors (Lipinski definition) is 1. The number of rotatable bonds is 8. The van der Waals surface area contributed by atoms with Crippen molar-refractivity contribution in [1.82, 2.24) is 14.8 Å². The predicted octanol–water partition coefficient (Wildman–Crippen LogP) is 4.66. The number of nitrogens with two attached hydrogens (primary N) is 1. The fourth-order valence-corrected chi connectivity index (χ4v) is 5.07. The Labute approximate surface area is 227 Å². The monoisotopic (exact) mass is 572 g/mol. The molecular formula is C27H30F6N4O3. The number of carbonyl (C=O) groups is 2. The number of carbonyl (C=O) groups excluding carboxylic acids is 2. The van der Waals surface area contributed by atoms with Crippen LogP contribution in [0.25, 0.3) is 11.3 Å². The molecule has 2 amide bonds. The molecule has 0 saturated carbocycles. The Morgan fingerprint density at radius 2 is 1.80 bits per heavy atom. The first-order valence-corrected chi connectivity index (χ1v) is 12.9. The average Bonchev–Trinajstić information content (AvgIpc) is 3.30. The van der Waals surface area contributed by atoms with Crippen LogP contribution in [0.15, 0.2) is 36.5 Å². The summed E-state index contributed by atoms with van der Waals surface area (Å²) in [6.45, 7) is 0.992. The van der Waals surface area contributed by atoms with Crippen LogP contribution in [0.1, 0.15) is 43.0 Å². The summed E-state index contributed by atoms with van der Waals surface area (Å²) in [5.74, 6) is -6.36. The number of likely N-dealkylation sites (tertiary alicyclic amines) is 2. The van der Waals surface area contributed by atoms with E-state index in [0.717, 1.165) is 4.90 Å². The van der Waals surface area contributed by atoms with Crippen LogP contribution in [-0.2, 0) is 4.79 Å². The molecule has 0 aliphatic carbocycles. The molecule has 0 spiro atoms. The van der Waals surface area contributed by atoms with E-state index in [9.17, 15) is 35.9 Å². The largest absolute Gasteiger partial charge is 0.492 e. The van der Waals surface area contributed by atoms with E-state index >= 15 is 0 Å². The molecular weight excluding hydrogens is 542 g/mol. The number of piperidine rings is 1. The van der Waals surface area contributed by atoms with Crippen molar-refractivity contribution in [3.63, 3.8) is 0 Å². The molecule has 2 N–H and O–H groups in total. The summed E-state index contributed by atoms with van der Waals surface area (Å²) < 4.78 is 84.6. The molecule has 2 saturated heterocycles. The number of nitrogens with zero attached hydrogens (tertiary/aromatic N) is 3. The van der Waals surface area contributed by atoms with Crippen LogP contribution < -0.4 is 10.5 Å². The Bertz CT molecular complexity index is 1230. The Balaban J connectivity index is 1.31. The summed E-state index contributed by atoms with van der Waals surface area (Å²) in [5.41, 5.74) is 4.98. The maximum Gasteiger partial charge on any atom is 0.454 e. The minimum absolute atomic E-state index is 0.0124. The number of halogens is 6. The highest BCUT2D eigenvalue weighted by atomic mass is 19.4. The molecule has 4 rings (SSSR count). The van der Waals surface area contributed by atoms with Crippen LogP contribution in [0.5, 0.6) is 5.75 Å². The maximum atomic E-state index is 15.0. The second kappa shape index (κ2) is 11.3. The summed E-state index contributed by atoms with van der Waals surface area (Å²) in [5, 5.41) is 0. The summed E-state index contributed by atoms with van der Waals surface area (Å²) in [4.78, 5) is 31.6. The van der Waals surface area contributed by atoms with Gasteiger partial charge >= 0.3 is 12.1 Å². The average molecular weight is 573 g/mol. The number of hydrogen-bond acceptors (Lipinski definition) is 5. The molecule has 3 heterocycles. The van der Waals surface area contributed by atoms with Crippen LogP contribution in [0.3, 0.4) is 0 Å². The normalized spacial score (nSPS) is 21.0. The van der Waals surface area contributed by atoms with Gasteiger partial charge in [0.05, 0.1) is 30.6 Å². The number of pyridine rings is 1. The second-order valence-electron chi connectivity index (χ2n) is 10.5. The van der Waals surface area contributed by atoms with Gasteiger partial charge in [0.15, 0.2) is 0 Å². The lowest BCUT2D eigenvalue weighted by atomic mass is 9.97. The summed E-state index contributed by atoms with van der Waals surface area (Å²) >= 11 is 0. The number of amides is 2. The molecule has 40 heavy (non-hydrogen) atoms. The highest BCUT2D eigenvalue weighted by Gasteiger charge is 2.58. The highest BCUT2D eigenvalue weighted by Crippen LogP contribution is 2.37. The number of alkyl halides is 5. The van der Waals surface area contributed by atoms with Crippen molar-refractivity contribution in [3.05, 3.63) is 47.9 Å². The second-order valence-corrected chi connectivity index (χ2v) is 10.5. The van der Waals surface area contributed by atoms with Gasteiger partial charge in [-0.15, -0.1) is 0 Å². The van der Waals surface area contributed by atoms with Crippen LogP contribution in [-0.4, -0.2) is 77.0 Å². The topological polar surface area (TPSA) is 88.8 Å². The van der Waals surface area contributed by atoms with E-state index in [1.54, 1.807) is 25.1 Å². The van der Waals surface area contributed by atoms with E-state index < -0.39 is 41.8 Å². The maximum absolute atomic E-state index is 15.0. The van der Waals surface area contributed by atoms with Crippen LogP contribution in [0.4, 0.5) is 26.3 Å². The molecule has 1 atom stereocenters. The van der Waals surface area contributed by atoms with Gasteiger partial charge in [-0.3, -0.25) is 19.5 Å². The third-order valence-electron chi connectivity index (χ3n) is 7.68. The fraction of sp³-hybridized carbons (Fsp3) is 0.519. The number of primary amides is 1. The molecule has 1 aromatic carbocycles. The third kappa shape index (κ3) is 6.18. The fourth-order valence-electron chi connectivity index (χ4n) is 5.07. The van der Waals surface area contributed by atoms with Crippen molar-refractivity contribution in [2.24, 2.45) is 11.7 Å². The lowest BCUT2D eigenvalue weighted by Gasteiger charge is -2.34. The Morgan fingerprint density at radius 1 is 1.10 bits per heavy atom. The van der Waals surface area contributed by atoms with Crippen molar-refractivity contribution in [2.75, 3.05) is 32.8 Å². The Kier molecular flexibility index (Phi) is 8.34. The van der Waals surface area contributed by atoms with Gasteiger partial charge in [-0.2, -0.15) is 22.0 Å². The van der Waals surface area contributed by atoms with Gasteiger partial charge in [0.25, 0.3) is 5.91 Å². The van der Waals surface area contributed by atoms with E-state index in [2.05, 4.69) is 4.98 Å². The van der Waals surface area contributed by atoms with Crippen molar-refractivity contribution in [3.8, 4) is 17.0 Å². The van der Waals surface area contributed by atoms with Gasteiger partial charge < -0.3 is 15.4 Å². The van der Waals surface area contributed by atoms with Crippen molar-refractivity contribution in [2.45, 2.75) is 50.2 Å². The minimum Gasteiger partial charge on any atom is -0.492 e. The first-order valence-electron chi connectivity index (χ1n) is 12.9. The minimum atomic E-state index is -5.57. The van der Waals surface area contributed by atoms with Crippen molar-refractivity contribution < 1.29 is 40.7 Å². The summed E-state index contributed by atoms with van der Waals surface area (Å²) in [7, 11) is 0. The molecule has 7 nitrogen and oxygen atoms in total. The molecule has 13 heteroatoms. The summed E-state index contributed by atoms with van der Waals surface area (Å²) in [6.07, 6.45) is -2.30. The molecule has 0 unspecified atom stereocenters. The van der Waals surface area contributed by atoms with Crippen LogP contribution in [0, 0.1) is 11.7 Å². The van der Waals surface area contributed by atoms with E-state index in [1.807, 2.05) is 0 Å². The number of aromatic nitrogens is 1. The molecule has 2 aliphatic heterocycles. The Morgan fingerprint density at radius 3 is 2.38 bits per heavy atom. The molecule has 0 radical (unpaired) electrons. The molecule has 1 aromatic heterocycles. The molecule has 2 fully saturated rings. The number of benzene rings is 1. The Hall–Kier alpha value is -3.35. The van der Waals surface area contributed by atoms with Gasteiger partial charge in [-0.25, -0.2) is 4.39 Å². The van der Waals surface area contributed by atoms with Crippen LogP contribution in [0.2, 0.25) is 0 Å². The predicted molar refractivity (Wildman–Crippen MR) is 133 cm³/mol. The summed E-state index contributed by atoms with van der Waals surface area (Å²) in [6, 6.07) is 7.31. The zero-order valence-electron chi connectivity index (χ0n) is 21.8. The standard InChI is InChI=1S/C27H30F6N4O3/c1-25(24(34)39)9-2-10-37(25)23(38)20-5-3-18(13-21(20)28)22-6-4-19(14-35-22)40-15-17-7-11-36(12-8-17)16-26(29,30)27(31,32)33/h3-6,13-14,17H,2,7-12,15-16H2,1H3,(H2,34,39)/t25-/m0/s1. The van der Waals surface area contributed by atoms with Crippen molar-refractivity contribution in [1.29, 1.82) is 0 Å². The highest BCUT2D eigenvalue weighted by molar-refractivity contribution is 5.99. The lowest BCUT2D eigenvalue weighted by molar-refractivity contribution is -0.287. The lowest BCUT2D eigenvalue weighted by Crippen LogP contribution is -2.54. The van der Waals surface area contributed by atoms with E-state index in [1.165, 1.54) is 23.2 Å².